The predicted molar refractivity (Wildman–Crippen MR) is 77.7 cm³/mol. The van der Waals surface area contributed by atoms with Crippen molar-refractivity contribution in [1.82, 2.24) is 10.2 Å². The zero-order valence-electron chi connectivity index (χ0n) is 13.1. The first-order chi connectivity index (χ1) is 10.0. The zero-order valence-corrected chi connectivity index (χ0v) is 13.1. The fraction of sp³-hybridized carbons (Fsp3) is 0.867. The van der Waals surface area contributed by atoms with Gasteiger partial charge >= 0.3 is 5.97 Å². The minimum Gasteiger partial charge on any atom is -0.465 e. The van der Waals surface area contributed by atoms with Crippen molar-refractivity contribution in [2.75, 3.05) is 26.2 Å². The zero-order chi connectivity index (χ0) is 15.5. The van der Waals surface area contributed by atoms with Crippen LogP contribution in [0.1, 0.15) is 33.6 Å². The number of nitrogens with zero attached hydrogens (tertiary/aromatic N) is 1. The first kappa shape index (κ1) is 16.2. The van der Waals surface area contributed by atoms with Crippen LogP contribution in [-0.4, -0.2) is 61.3 Å². The molecule has 2 rings (SSSR count). The van der Waals surface area contributed by atoms with Gasteiger partial charge in [0, 0.05) is 12.6 Å². The van der Waals surface area contributed by atoms with E-state index in [-0.39, 0.29) is 5.97 Å². The van der Waals surface area contributed by atoms with Crippen LogP contribution in [0.15, 0.2) is 0 Å². The van der Waals surface area contributed by atoms with E-state index in [1.165, 1.54) is 0 Å². The van der Waals surface area contributed by atoms with Gasteiger partial charge < -0.3 is 14.8 Å². The molecule has 0 aromatic rings. The SMILES string of the molecule is CCOC(=O)[C@@H](N1CCC2CCNCC21)C(C)(C)OC=O. The molecule has 120 valence electrons. The Bertz CT molecular complexity index is 386. The van der Waals surface area contributed by atoms with Crippen LogP contribution in [0.5, 0.6) is 0 Å². The van der Waals surface area contributed by atoms with Crippen LogP contribution < -0.4 is 5.32 Å². The van der Waals surface area contributed by atoms with E-state index < -0.39 is 11.6 Å². The number of likely N-dealkylation sites (tertiary alicyclic amines) is 1. The summed E-state index contributed by atoms with van der Waals surface area (Å²) >= 11 is 0. The van der Waals surface area contributed by atoms with Crippen molar-refractivity contribution in [1.29, 1.82) is 0 Å². The molecule has 0 radical (unpaired) electrons. The number of carbonyl (C=O) groups excluding carboxylic acids is 2. The van der Waals surface area contributed by atoms with Crippen LogP contribution >= 0.6 is 0 Å². The standard InChI is InChI=1S/C15H26N2O4/c1-4-20-14(19)13(15(2,3)21-10-18)17-8-6-11-5-7-16-9-12(11)17/h10-13,16H,4-9H2,1-3H3/t11?,12?,13-/m1/s1. The maximum Gasteiger partial charge on any atom is 0.327 e. The normalized spacial score (nSPS) is 27.8. The average molecular weight is 298 g/mol. The second-order valence-corrected chi connectivity index (χ2v) is 6.32. The Morgan fingerprint density at radius 1 is 1.48 bits per heavy atom. The molecule has 3 atom stereocenters. The van der Waals surface area contributed by atoms with Crippen molar-refractivity contribution in [2.24, 2.45) is 5.92 Å². The van der Waals surface area contributed by atoms with Crippen molar-refractivity contribution in [3.05, 3.63) is 0 Å². The molecule has 0 bridgehead atoms. The van der Waals surface area contributed by atoms with E-state index in [4.69, 9.17) is 9.47 Å². The highest BCUT2D eigenvalue weighted by atomic mass is 16.6. The summed E-state index contributed by atoms with van der Waals surface area (Å²) in [5, 5.41) is 3.39. The molecule has 2 aliphatic heterocycles. The summed E-state index contributed by atoms with van der Waals surface area (Å²) < 4.78 is 10.4. The van der Waals surface area contributed by atoms with Gasteiger partial charge in [0.1, 0.15) is 11.6 Å². The van der Waals surface area contributed by atoms with E-state index in [2.05, 4.69) is 10.2 Å². The Morgan fingerprint density at radius 3 is 2.90 bits per heavy atom. The van der Waals surface area contributed by atoms with Gasteiger partial charge in [0.25, 0.3) is 6.47 Å². The van der Waals surface area contributed by atoms with Crippen LogP contribution in [0, 0.1) is 5.92 Å². The molecule has 2 heterocycles. The van der Waals surface area contributed by atoms with Crippen molar-refractivity contribution >= 4 is 12.4 Å². The summed E-state index contributed by atoms with van der Waals surface area (Å²) in [6, 6.07) is -0.250. The van der Waals surface area contributed by atoms with Gasteiger partial charge in [-0.15, -0.1) is 0 Å². The van der Waals surface area contributed by atoms with Gasteiger partial charge in [0.2, 0.25) is 0 Å². The molecule has 0 spiro atoms. The largest absolute Gasteiger partial charge is 0.465 e. The van der Waals surface area contributed by atoms with Gasteiger partial charge in [-0.1, -0.05) is 0 Å². The minimum atomic E-state index is -0.902. The molecule has 0 saturated carbocycles. The van der Waals surface area contributed by atoms with E-state index in [1.807, 2.05) is 0 Å². The number of esters is 1. The molecule has 6 nitrogen and oxygen atoms in total. The Balaban J connectivity index is 2.22. The lowest BCUT2D eigenvalue weighted by molar-refractivity contribution is -0.168. The molecule has 0 aromatic carbocycles. The summed E-state index contributed by atoms with van der Waals surface area (Å²) in [5.41, 5.74) is -0.902. The fourth-order valence-corrected chi connectivity index (χ4v) is 3.65. The lowest BCUT2D eigenvalue weighted by Crippen LogP contribution is -2.60. The summed E-state index contributed by atoms with van der Waals surface area (Å²) in [6.07, 6.45) is 2.21. The topological polar surface area (TPSA) is 67.9 Å². The summed E-state index contributed by atoms with van der Waals surface area (Å²) in [5.74, 6) is 0.297. The maximum atomic E-state index is 12.4. The van der Waals surface area contributed by atoms with Crippen LogP contribution in [0.3, 0.4) is 0 Å². The highest BCUT2D eigenvalue weighted by Gasteiger charge is 2.49. The highest BCUT2D eigenvalue weighted by Crippen LogP contribution is 2.34. The number of fused-ring (bicyclic) bond motifs is 1. The number of nitrogens with one attached hydrogen (secondary N) is 1. The van der Waals surface area contributed by atoms with Crippen LogP contribution in [0.25, 0.3) is 0 Å². The third-order valence-electron chi connectivity index (χ3n) is 4.63. The molecular weight excluding hydrogens is 272 g/mol. The molecule has 21 heavy (non-hydrogen) atoms. The molecule has 1 N–H and O–H groups in total. The molecule has 0 amide bonds. The summed E-state index contributed by atoms with van der Waals surface area (Å²) in [7, 11) is 0. The first-order valence-corrected chi connectivity index (χ1v) is 7.75. The third kappa shape index (κ3) is 3.37. The van der Waals surface area contributed by atoms with Crippen molar-refractivity contribution in [3.8, 4) is 0 Å². The molecule has 2 saturated heterocycles. The van der Waals surface area contributed by atoms with Crippen LogP contribution in [0.4, 0.5) is 0 Å². The van der Waals surface area contributed by atoms with Gasteiger partial charge in [0.15, 0.2) is 0 Å². The van der Waals surface area contributed by atoms with Crippen LogP contribution in [-0.2, 0) is 19.1 Å². The molecular formula is C15H26N2O4. The van der Waals surface area contributed by atoms with Gasteiger partial charge in [-0.25, -0.2) is 0 Å². The molecule has 0 aromatic heterocycles. The van der Waals surface area contributed by atoms with E-state index >= 15 is 0 Å². The minimum absolute atomic E-state index is 0.308. The fourth-order valence-electron chi connectivity index (χ4n) is 3.65. The van der Waals surface area contributed by atoms with Gasteiger partial charge in [-0.05, 0) is 52.6 Å². The number of piperidine rings is 1. The summed E-state index contributed by atoms with van der Waals surface area (Å²) in [4.78, 5) is 25.4. The number of hydrogen-bond acceptors (Lipinski definition) is 6. The summed E-state index contributed by atoms with van der Waals surface area (Å²) in [6.45, 7) is 8.82. The Morgan fingerprint density at radius 2 is 2.24 bits per heavy atom. The van der Waals surface area contributed by atoms with E-state index in [0.717, 1.165) is 32.5 Å². The third-order valence-corrected chi connectivity index (χ3v) is 4.63. The Labute approximate surface area is 126 Å². The second-order valence-electron chi connectivity index (χ2n) is 6.32. The molecule has 2 unspecified atom stereocenters. The first-order valence-electron chi connectivity index (χ1n) is 7.75. The van der Waals surface area contributed by atoms with Crippen molar-refractivity contribution < 1.29 is 19.1 Å². The second kappa shape index (κ2) is 6.75. The van der Waals surface area contributed by atoms with Crippen molar-refractivity contribution in [3.63, 3.8) is 0 Å². The van der Waals surface area contributed by atoms with Crippen molar-refractivity contribution in [2.45, 2.75) is 51.3 Å². The van der Waals surface area contributed by atoms with E-state index in [9.17, 15) is 9.59 Å². The van der Waals surface area contributed by atoms with Gasteiger partial charge in [-0.2, -0.15) is 0 Å². The van der Waals surface area contributed by atoms with Gasteiger partial charge in [-0.3, -0.25) is 14.5 Å². The number of carbonyl (C=O) groups is 2. The quantitative estimate of drug-likeness (QED) is 0.571. The molecule has 6 heteroatoms. The number of ether oxygens (including phenoxy) is 2. The smallest absolute Gasteiger partial charge is 0.327 e. The number of hydrogen-bond donors (Lipinski definition) is 1. The lowest BCUT2D eigenvalue weighted by atomic mass is 9.91. The highest BCUT2D eigenvalue weighted by molar-refractivity contribution is 5.77. The number of rotatable bonds is 6. The average Bonchev–Trinajstić information content (AvgIpc) is 2.83. The Hall–Kier alpha value is -1.14. The van der Waals surface area contributed by atoms with E-state index in [1.54, 1.807) is 20.8 Å². The van der Waals surface area contributed by atoms with Crippen LogP contribution in [0.2, 0.25) is 0 Å². The molecule has 2 fully saturated rings. The monoisotopic (exact) mass is 298 g/mol. The molecule has 0 aliphatic carbocycles. The molecule has 2 aliphatic rings. The predicted octanol–water partition coefficient (Wildman–Crippen LogP) is 0.554. The maximum absolute atomic E-state index is 12.4. The van der Waals surface area contributed by atoms with Gasteiger partial charge in [0.05, 0.1) is 6.61 Å². The Kier molecular flexibility index (Phi) is 5.22. The lowest BCUT2D eigenvalue weighted by Gasteiger charge is -2.41. The van der Waals surface area contributed by atoms with E-state index in [0.29, 0.717) is 25.0 Å².